The van der Waals surface area contributed by atoms with Gasteiger partial charge in [-0.3, -0.25) is 10.2 Å². The first kappa shape index (κ1) is 14.5. The third-order valence-corrected chi connectivity index (χ3v) is 3.79. The lowest BCUT2D eigenvalue weighted by molar-refractivity contribution is 0.0957. The number of nitrogens with zero attached hydrogens (tertiary/aromatic N) is 1. The van der Waals surface area contributed by atoms with Crippen LogP contribution in [0.3, 0.4) is 0 Å². The Labute approximate surface area is 121 Å². The van der Waals surface area contributed by atoms with E-state index in [1.54, 1.807) is 0 Å². The Hall–Kier alpha value is -1.92. The number of nitrogens with one attached hydrogen (secondary N) is 1. The highest BCUT2D eigenvalue weighted by Crippen LogP contribution is 2.20. The summed E-state index contributed by atoms with van der Waals surface area (Å²) >= 11 is 1.26. The van der Waals surface area contributed by atoms with Crippen molar-refractivity contribution in [2.24, 2.45) is 5.84 Å². The monoisotopic (exact) mass is 291 g/mol. The first-order chi connectivity index (χ1) is 9.60. The highest BCUT2D eigenvalue weighted by atomic mass is 32.1. The molecule has 1 aromatic carbocycles. The maximum atomic E-state index is 11.3. The molecule has 2 aromatic rings. The van der Waals surface area contributed by atoms with Gasteiger partial charge in [0, 0.05) is 0 Å². The first-order valence-corrected chi connectivity index (χ1v) is 7.10. The fraction of sp³-hybridized carbons (Fsp3) is 0.286. The van der Waals surface area contributed by atoms with Crippen LogP contribution in [0.1, 0.15) is 40.0 Å². The van der Waals surface area contributed by atoms with Crippen LogP contribution in [-0.2, 0) is 6.61 Å². The molecular weight excluding hydrogens is 274 g/mol. The summed E-state index contributed by atoms with van der Waals surface area (Å²) in [6.07, 6.45) is 1.49. The number of carbonyl (C=O) groups excluding carboxylic acids is 1. The fourth-order valence-corrected chi connectivity index (χ4v) is 2.38. The van der Waals surface area contributed by atoms with Crippen molar-refractivity contribution >= 4 is 17.2 Å². The topological polar surface area (TPSA) is 77.2 Å². The Kier molecular flexibility index (Phi) is 4.70. The number of ether oxygens (including phenoxy) is 1. The lowest BCUT2D eigenvalue weighted by Gasteiger charge is -2.07. The number of hydrogen-bond acceptors (Lipinski definition) is 5. The van der Waals surface area contributed by atoms with Crippen molar-refractivity contribution in [1.82, 2.24) is 10.4 Å². The number of carbonyl (C=O) groups is 1. The van der Waals surface area contributed by atoms with Crippen LogP contribution < -0.4 is 16.0 Å². The van der Waals surface area contributed by atoms with Gasteiger partial charge in [-0.15, -0.1) is 11.3 Å². The molecule has 0 atom stereocenters. The Morgan fingerprint density at radius 3 is 2.70 bits per heavy atom. The quantitative estimate of drug-likeness (QED) is 0.504. The van der Waals surface area contributed by atoms with Crippen molar-refractivity contribution in [2.45, 2.75) is 26.4 Å². The van der Waals surface area contributed by atoms with Crippen molar-refractivity contribution in [3.63, 3.8) is 0 Å². The Morgan fingerprint density at radius 1 is 1.40 bits per heavy atom. The lowest BCUT2D eigenvalue weighted by Crippen LogP contribution is -2.29. The molecular formula is C14H17N3O2S. The molecule has 20 heavy (non-hydrogen) atoms. The van der Waals surface area contributed by atoms with Crippen LogP contribution >= 0.6 is 11.3 Å². The van der Waals surface area contributed by atoms with Gasteiger partial charge >= 0.3 is 0 Å². The highest BCUT2D eigenvalue weighted by Gasteiger charge is 2.09. The Morgan fingerprint density at radius 2 is 2.10 bits per heavy atom. The van der Waals surface area contributed by atoms with Gasteiger partial charge in [-0.05, 0) is 23.6 Å². The third kappa shape index (κ3) is 3.55. The van der Waals surface area contributed by atoms with Gasteiger partial charge in [0.25, 0.3) is 5.91 Å². The van der Waals surface area contributed by atoms with Gasteiger partial charge in [0.15, 0.2) is 0 Å². The summed E-state index contributed by atoms with van der Waals surface area (Å²) in [5.74, 6) is 6.01. The summed E-state index contributed by atoms with van der Waals surface area (Å²) < 4.78 is 5.64. The van der Waals surface area contributed by atoms with E-state index in [0.717, 1.165) is 10.8 Å². The van der Waals surface area contributed by atoms with Gasteiger partial charge in [-0.25, -0.2) is 10.8 Å². The van der Waals surface area contributed by atoms with Crippen molar-refractivity contribution in [3.05, 3.63) is 45.9 Å². The molecule has 0 aliphatic carbocycles. The van der Waals surface area contributed by atoms with Crippen LogP contribution in [0.2, 0.25) is 0 Å². The molecule has 0 fully saturated rings. The average Bonchev–Trinajstić information content (AvgIpc) is 2.93. The van der Waals surface area contributed by atoms with Gasteiger partial charge in [0.05, 0.1) is 6.20 Å². The van der Waals surface area contributed by atoms with Crippen molar-refractivity contribution in [1.29, 1.82) is 0 Å². The van der Waals surface area contributed by atoms with Crippen LogP contribution in [0.4, 0.5) is 0 Å². The Balaban J connectivity index is 1.94. The SMILES string of the molecule is CC(C)c1ccc(OCc2ncc(C(=O)NN)s2)cc1. The summed E-state index contributed by atoms with van der Waals surface area (Å²) in [4.78, 5) is 15.9. The smallest absolute Gasteiger partial charge is 0.276 e. The molecule has 106 valence electrons. The molecule has 0 spiro atoms. The van der Waals surface area contributed by atoms with E-state index in [-0.39, 0.29) is 5.91 Å². The average molecular weight is 291 g/mol. The zero-order valence-corrected chi connectivity index (χ0v) is 12.2. The summed E-state index contributed by atoms with van der Waals surface area (Å²) in [7, 11) is 0. The second-order valence-corrected chi connectivity index (χ2v) is 5.72. The van der Waals surface area contributed by atoms with Gasteiger partial charge in [0.1, 0.15) is 22.2 Å². The van der Waals surface area contributed by atoms with Gasteiger partial charge in [-0.1, -0.05) is 26.0 Å². The van der Waals surface area contributed by atoms with Crippen LogP contribution in [0, 0.1) is 0 Å². The van der Waals surface area contributed by atoms with Crippen molar-refractivity contribution in [2.75, 3.05) is 0 Å². The van der Waals surface area contributed by atoms with Gasteiger partial charge < -0.3 is 4.74 Å². The molecule has 3 N–H and O–H groups in total. The van der Waals surface area contributed by atoms with E-state index in [0.29, 0.717) is 17.4 Å². The summed E-state index contributed by atoms with van der Waals surface area (Å²) in [6, 6.07) is 7.98. The van der Waals surface area contributed by atoms with Crippen LogP contribution in [0.25, 0.3) is 0 Å². The van der Waals surface area contributed by atoms with Gasteiger partial charge in [0.2, 0.25) is 0 Å². The van der Waals surface area contributed by atoms with E-state index in [4.69, 9.17) is 10.6 Å². The molecule has 1 amide bonds. The van der Waals surface area contributed by atoms with Crippen molar-refractivity contribution < 1.29 is 9.53 Å². The first-order valence-electron chi connectivity index (χ1n) is 6.28. The summed E-state index contributed by atoms with van der Waals surface area (Å²) in [5, 5.41) is 0.733. The number of benzene rings is 1. The van der Waals surface area contributed by atoms with E-state index in [1.165, 1.54) is 23.1 Å². The van der Waals surface area contributed by atoms with Crippen molar-refractivity contribution in [3.8, 4) is 5.75 Å². The number of hydrazine groups is 1. The summed E-state index contributed by atoms with van der Waals surface area (Å²) in [5.41, 5.74) is 3.35. The number of aromatic nitrogens is 1. The molecule has 0 aliphatic heterocycles. The Bertz CT molecular complexity index is 578. The molecule has 6 heteroatoms. The van der Waals surface area contributed by atoms with E-state index in [9.17, 15) is 4.79 Å². The second kappa shape index (κ2) is 6.49. The predicted molar refractivity (Wildman–Crippen MR) is 78.6 cm³/mol. The number of nitrogen functional groups attached to an aromatic ring is 1. The standard InChI is InChI=1S/C14H17N3O2S/c1-9(2)10-3-5-11(6-4-10)19-8-13-16-7-12(20-13)14(18)17-15/h3-7,9H,8,15H2,1-2H3,(H,17,18). The number of amides is 1. The molecule has 5 nitrogen and oxygen atoms in total. The molecule has 0 saturated heterocycles. The third-order valence-electron chi connectivity index (χ3n) is 2.82. The minimum atomic E-state index is -0.338. The van der Waals surface area contributed by atoms with Crippen LogP contribution in [-0.4, -0.2) is 10.9 Å². The van der Waals surface area contributed by atoms with Gasteiger partial charge in [-0.2, -0.15) is 0 Å². The number of rotatable bonds is 5. The minimum Gasteiger partial charge on any atom is -0.486 e. The number of hydrogen-bond donors (Lipinski definition) is 2. The van der Waals surface area contributed by atoms with Crippen LogP contribution in [0.15, 0.2) is 30.5 Å². The molecule has 0 aliphatic rings. The lowest BCUT2D eigenvalue weighted by atomic mass is 10.0. The maximum Gasteiger partial charge on any atom is 0.276 e. The van der Waals surface area contributed by atoms with E-state index >= 15 is 0 Å². The largest absolute Gasteiger partial charge is 0.486 e. The summed E-state index contributed by atoms with van der Waals surface area (Å²) in [6.45, 7) is 4.63. The zero-order chi connectivity index (χ0) is 14.5. The molecule has 0 saturated carbocycles. The molecule has 1 aromatic heterocycles. The van der Waals surface area contributed by atoms with E-state index < -0.39 is 0 Å². The second-order valence-electron chi connectivity index (χ2n) is 4.60. The maximum absolute atomic E-state index is 11.3. The fourth-order valence-electron chi connectivity index (χ4n) is 1.65. The molecule has 0 radical (unpaired) electrons. The molecule has 1 heterocycles. The van der Waals surface area contributed by atoms with Crippen LogP contribution in [0.5, 0.6) is 5.75 Å². The van der Waals surface area contributed by atoms with E-state index in [1.807, 2.05) is 12.1 Å². The molecule has 0 unspecified atom stereocenters. The van der Waals surface area contributed by atoms with E-state index in [2.05, 4.69) is 36.4 Å². The highest BCUT2D eigenvalue weighted by molar-refractivity contribution is 7.13. The zero-order valence-electron chi connectivity index (χ0n) is 11.4. The normalized spacial score (nSPS) is 10.6. The minimum absolute atomic E-state index is 0.337. The molecule has 0 bridgehead atoms. The number of nitrogens with two attached hydrogens (primary N) is 1. The predicted octanol–water partition coefficient (Wildman–Crippen LogP) is 2.45. The number of thiazole rings is 1. The molecule has 2 rings (SSSR count).